The number of para-hydroxylation sites is 1. The van der Waals surface area contributed by atoms with Crippen LogP contribution in [0.3, 0.4) is 0 Å². The van der Waals surface area contributed by atoms with Crippen molar-refractivity contribution < 1.29 is 4.79 Å². The van der Waals surface area contributed by atoms with Crippen LogP contribution in [0.15, 0.2) is 30.5 Å². The predicted molar refractivity (Wildman–Crippen MR) is 80.3 cm³/mol. The molecule has 1 saturated carbocycles. The molecular weight excluding hydrogens is 250 g/mol. The first-order valence-electron chi connectivity index (χ1n) is 7.21. The van der Waals surface area contributed by atoms with E-state index in [1.54, 1.807) is 0 Å². The molecular formula is C16H21N3O. The molecule has 1 unspecified atom stereocenters. The fourth-order valence-corrected chi connectivity index (χ4v) is 2.90. The van der Waals surface area contributed by atoms with Gasteiger partial charge in [0.05, 0.1) is 6.42 Å². The molecule has 0 radical (unpaired) electrons. The van der Waals surface area contributed by atoms with Gasteiger partial charge in [-0.3, -0.25) is 4.79 Å². The van der Waals surface area contributed by atoms with Gasteiger partial charge >= 0.3 is 0 Å². The fourth-order valence-electron chi connectivity index (χ4n) is 2.90. The molecule has 4 heteroatoms. The molecule has 1 amide bonds. The van der Waals surface area contributed by atoms with Crippen molar-refractivity contribution >= 4 is 16.8 Å². The number of H-pyrrole nitrogens is 1. The van der Waals surface area contributed by atoms with Crippen molar-refractivity contribution in [3.8, 4) is 0 Å². The molecule has 0 aliphatic heterocycles. The number of aromatic nitrogens is 1. The lowest BCUT2D eigenvalue weighted by Crippen LogP contribution is -2.43. The minimum Gasteiger partial charge on any atom is -0.361 e. The predicted octanol–water partition coefficient (Wildman–Crippen LogP) is 1.91. The summed E-state index contributed by atoms with van der Waals surface area (Å²) in [6.07, 6.45) is 4.77. The van der Waals surface area contributed by atoms with Crippen LogP contribution in [0.4, 0.5) is 0 Å². The Morgan fingerprint density at radius 3 is 2.90 bits per heavy atom. The van der Waals surface area contributed by atoms with Gasteiger partial charge < -0.3 is 15.6 Å². The normalized spacial score (nSPS) is 16.3. The van der Waals surface area contributed by atoms with Crippen LogP contribution in [0.25, 0.3) is 10.9 Å². The Bertz CT molecular complexity index is 615. The highest BCUT2D eigenvalue weighted by molar-refractivity contribution is 5.88. The van der Waals surface area contributed by atoms with Crippen molar-refractivity contribution in [1.29, 1.82) is 0 Å². The lowest BCUT2D eigenvalue weighted by atomic mass is 10.1. The van der Waals surface area contributed by atoms with Crippen LogP contribution in [-0.2, 0) is 11.2 Å². The molecule has 1 aromatic heterocycles. The van der Waals surface area contributed by atoms with Gasteiger partial charge in [-0.25, -0.2) is 0 Å². The van der Waals surface area contributed by atoms with E-state index < -0.39 is 0 Å². The maximum absolute atomic E-state index is 12.4. The molecule has 1 heterocycles. The van der Waals surface area contributed by atoms with Gasteiger partial charge in [-0.05, 0) is 30.4 Å². The molecule has 1 aliphatic rings. The van der Waals surface area contributed by atoms with E-state index in [0.717, 1.165) is 16.5 Å². The summed E-state index contributed by atoms with van der Waals surface area (Å²) in [5.41, 5.74) is 7.95. The van der Waals surface area contributed by atoms with E-state index in [2.05, 4.69) is 11.1 Å². The number of carbonyl (C=O) groups is 1. The monoisotopic (exact) mass is 271 g/mol. The first kappa shape index (κ1) is 13.2. The van der Waals surface area contributed by atoms with Crippen LogP contribution in [0, 0.1) is 5.92 Å². The number of amides is 1. The van der Waals surface area contributed by atoms with Crippen molar-refractivity contribution in [3.05, 3.63) is 36.0 Å². The Hall–Kier alpha value is -1.81. The minimum atomic E-state index is 0.150. The molecule has 4 nitrogen and oxygen atoms in total. The summed E-state index contributed by atoms with van der Waals surface area (Å²) in [6, 6.07) is 8.28. The maximum atomic E-state index is 12.4. The summed E-state index contributed by atoms with van der Waals surface area (Å²) >= 11 is 0. The first-order valence-corrected chi connectivity index (χ1v) is 7.21. The third kappa shape index (κ3) is 2.43. The zero-order valence-electron chi connectivity index (χ0n) is 11.8. The SMILES string of the molecule is CN(C(=O)Cc1c[nH]c2ccccc12)C(CN)C1CC1. The number of nitrogens with zero attached hydrogens (tertiary/aromatic N) is 1. The Balaban J connectivity index is 1.75. The summed E-state index contributed by atoms with van der Waals surface area (Å²) in [4.78, 5) is 17.5. The van der Waals surface area contributed by atoms with Gasteiger partial charge in [0.2, 0.25) is 5.91 Å². The van der Waals surface area contributed by atoms with Gasteiger partial charge in [-0.1, -0.05) is 18.2 Å². The third-order valence-corrected chi connectivity index (χ3v) is 4.32. The average Bonchev–Trinajstić information content (AvgIpc) is 3.22. The molecule has 3 N–H and O–H groups in total. The second-order valence-corrected chi connectivity index (χ2v) is 5.68. The fraction of sp³-hybridized carbons (Fsp3) is 0.438. The Labute approximate surface area is 118 Å². The van der Waals surface area contributed by atoms with E-state index in [4.69, 9.17) is 5.73 Å². The molecule has 2 aromatic rings. The van der Waals surface area contributed by atoms with Gasteiger partial charge in [0.15, 0.2) is 0 Å². The van der Waals surface area contributed by atoms with E-state index >= 15 is 0 Å². The highest BCUT2D eigenvalue weighted by Crippen LogP contribution is 2.34. The van der Waals surface area contributed by atoms with Crippen molar-refractivity contribution in [2.75, 3.05) is 13.6 Å². The minimum absolute atomic E-state index is 0.150. The van der Waals surface area contributed by atoms with Crippen LogP contribution >= 0.6 is 0 Å². The zero-order valence-corrected chi connectivity index (χ0v) is 11.8. The van der Waals surface area contributed by atoms with E-state index in [0.29, 0.717) is 18.9 Å². The summed E-state index contributed by atoms with van der Waals surface area (Å²) in [5.74, 6) is 0.758. The average molecular weight is 271 g/mol. The molecule has 1 atom stereocenters. The Kier molecular flexibility index (Phi) is 3.49. The van der Waals surface area contributed by atoms with Gasteiger partial charge in [-0.15, -0.1) is 0 Å². The quantitative estimate of drug-likeness (QED) is 0.872. The molecule has 3 rings (SSSR count). The lowest BCUT2D eigenvalue weighted by molar-refractivity contribution is -0.131. The molecule has 1 aromatic carbocycles. The van der Waals surface area contributed by atoms with Crippen LogP contribution in [0.2, 0.25) is 0 Å². The summed E-state index contributed by atoms with van der Waals surface area (Å²) in [7, 11) is 1.88. The van der Waals surface area contributed by atoms with E-state index in [-0.39, 0.29) is 11.9 Å². The second kappa shape index (κ2) is 5.29. The van der Waals surface area contributed by atoms with Crippen molar-refractivity contribution in [2.45, 2.75) is 25.3 Å². The molecule has 0 bridgehead atoms. The number of fused-ring (bicyclic) bond motifs is 1. The smallest absolute Gasteiger partial charge is 0.227 e. The number of rotatable bonds is 5. The van der Waals surface area contributed by atoms with E-state index in [1.165, 1.54) is 12.8 Å². The number of hydrogen-bond donors (Lipinski definition) is 2. The summed E-state index contributed by atoms with van der Waals surface area (Å²) < 4.78 is 0. The summed E-state index contributed by atoms with van der Waals surface area (Å²) in [6.45, 7) is 0.556. The molecule has 20 heavy (non-hydrogen) atoms. The molecule has 1 aliphatic carbocycles. The highest BCUT2D eigenvalue weighted by atomic mass is 16.2. The number of carbonyl (C=O) groups excluding carboxylic acids is 1. The number of nitrogens with two attached hydrogens (primary N) is 1. The lowest BCUT2D eigenvalue weighted by Gasteiger charge is -2.27. The molecule has 1 fully saturated rings. The van der Waals surface area contributed by atoms with Gasteiger partial charge in [-0.2, -0.15) is 0 Å². The van der Waals surface area contributed by atoms with Crippen LogP contribution in [0.1, 0.15) is 18.4 Å². The number of hydrogen-bond acceptors (Lipinski definition) is 2. The molecule has 0 spiro atoms. The van der Waals surface area contributed by atoms with Gasteiger partial charge in [0, 0.05) is 36.7 Å². The largest absolute Gasteiger partial charge is 0.361 e. The molecule has 0 saturated heterocycles. The van der Waals surface area contributed by atoms with Crippen molar-refractivity contribution in [2.24, 2.45) is 11.7 Å². The van der Waals surface area contributed by atoms with Crippen molar-refractivity contribution in [3.63, 3.8) is 0 Å². The van der Waals surface area contributed by atoms with Gasteiger partial charge in [0.25, 0.3) is 0 Å². The van der Waals surface area contributed by atoms with Gasteiger partial charge in [0.1, 0.15) is 0 Å². The molecule has 106 valence electrons. The standard InChI is InChI=1S/C16H21N3O/c1-19(15(9-17)11-6-7-11)16(20)8-12-10-18-14-5-3-2-4-13(12)14/h2-5,10-11,15,18H,6-9,17H2,1H3. The number of aromatic amines is 1. The van der Waals surface area contributed by atoms with Crippen molar-refractivity contribution in [1.82, 2.24) is 9.88 Å². The highest BCUT2D eigenvalue weighted by Gasteiger charge is 2.34. The van der Waals surface area contributed by atoms with E-state index in [1.807, 2.05) is 36.3 Å². The Morgan fingerprint density at radius 1 is 1.45 bits per heavy atom. The number of likely N-dealkylation sites (N-methyl/N-ethyl adjacent to an activating group) is 1. The second-order valence-electron chi connectivity index (χ2n) is 5.68. The van der Waals surface area contributed by atoms with Crippen LogP contribution in [-0.4, -0.2) is 35.4 Å². The zero-order chi connectivity index (χ0) is 14.1. The van der Waals surface area contributed by atoms with E-state index in [9.17, 15) is 4.79 Å². The maximum Gasteiger partial charge on any atom is 0.227 e. The Morgan fingerprint density at radius 2 is 2.20 bits per heavy atom. The first-order chi connectivity index (χ1) is 9.70. The number of benzene rings is 1. The summed E-state index contributed by atoms with van der Waals surface area (Å²) in [5, 5.41) is 1.13. The number of nitrogens with one attached hydrogen (secondary N) is 1. The topological polar surface area (TPSA) is 62.1 Å². The van der Waals surface area contributed by atoms with Crippen LogP contribution in [0.5, 0.6) is 0 Å². The van der Waals surface area contributed by atoms with Crippen LogP contribution < -0.4 is 5.73 Å². The third-order valence-electron chi connectivity index (χ3n) is 4.32.